The molecule has 4 rings (SSSR count). The summed E-state index contributed by atoms with van der Waals surface area (Å²) in [6.45, 7) is 4.46. The number of benzene rings is 2. The maximum atomic E-state index is 13.5. The Morgan fingerprint density at radius 2 is 1.63 bits per heavy atom. The summed E-state index contributed by atoms with van der Waals surface area (Å²) in [5.41, 5.74) is 1.46. The number of piperazine rings is 1. The molecule has 1 N–H and O–H groups in total. The number of unbranched alkanes of at least 4 members (excludes halogenated alkanes) is 1. The van der Waals surface area contributed by atoms with Gasteiger partial charge in [-0.15, -0.1) is 0 Å². The Morgan fingerprint density at radius 1 is 0.886 bits per heavy atom. The molecule has 35 heavy (non-hydrogen) atoms. The van der Waals surface area contributed by atoms with Crippen molar-refractivity contribution in [3.63, 3.8) is 0 Å². The molecule has 1 fully saturated rings. The van der Waals surface area contributed by atoms with Crippen LogP contribution in [0.5, 0.6) is 0 Å². The number of nitrogens with one attached hydrogen (secondary N) is 1. The van der Waals surface area contributed by atoms with Crippen LogP contribution in [0.1, 0.15) is 18.4 Å². The SMILES string of the molecule is [O-][n+]1ccc(-c2cccc(F)c2)cc1NCCCCN1CCN(c2cccc(C(F)(F)F)c2)CC1. The maximum Gasteiger partial charge on any atom is 0.416 e. The Bertz CT molecular complexity index is 1130. The zero-order valence-corrected chi connectivity index (χ0v) is 19.3. The van der Waals surface area contributed by atoms with E-state index in [1.165, 1.54) is 30.5 Å². The Morgan fingerprint density at radius 3 is 2.37 bits per heavy atom. The minimum absolute atomic E-state index is 0.327. The van der Waals surface area contributed by atoms with E-state index >= 15 is 0 Å². The molecular formula is C26H28F4N4O. The van der Waals surface area contributed by atoms with Crippen LogP contribution in [0.2, 0.25) is 0 Å². The van der Waals surface area contributed by atoms with Crippen LogP contribution in [0.15, 0.2) is 66.9 Å². The van der Waals surface area contributed by atoms with Crippen molar-refractivity contribution in [2.45, 2.75) is 19.0 Å². The minimum atomic E-state index is -4.34. The van der Waals surface area contributed by atoms with Gasteiger partial charge in [0.05, 0.1) is 18.3 Å². The first-order valence-corrected chi connectivity index (χ1v) is 11.7. The Balaban J connectivity index is 1.20. The van der Waals surface area contributed by atoms with Crippen LogP contribution in [0.4, 0.5) is 29.1 Å². The van der Waals surface area contributed by atoms with Crippen LogP contribution in [0.25, 0.3) is 11.1 Å². The van der Waals surface area contributed by atoms with E-state index in [9.17, 15) is 22.8 Å². The van der Waals surface area contributed by atoms with Crippen molar-refractivity contribution in [1.82, 2.24) is 4.90 Å². The quantitative estimate of drug-likeness (QED) is 0.206. The molecule has 0 amide bonds. The highest BCUT2D eigenvalue weighted by atomic mass is 19.4. The van der Waals surface area contributed by atoms with E-state index in [0.29, 0.717) is 36.7 Å². The van der Waals surface area contributed by atoms with Crippen LogP contribution in [-0.4, -0.2) is 44.2 Å². The first-order chi connectivity index (χ1) is 16.8. The van der Waals surface area contributed by atoms with Crippen LogP contribution in [-0.2, 0) is 6.18 Å². The number of hydrogen-bond donors (Lipinski definition) is 1. The standard InChI is InChI=1S/C26H28F4N4O/c27-23-7-3-5-20(17-23)21-9-12-34(35)25(18-21)31-10-1-2-11-32-13-15-33(16-14-32)24-8-4-6-22(19-24)26(28,29)30/h3-9,12,17-19,31H,1-2,10-11,13-16H2. The number of anilines is 2. The van der Waals surface area contributed by atoms with Crippen molar-refractivity contribution in [3.05, 3.63) is 83.4 Å². The highest BCUT2D eigenvalue weighted by Gasteiger charge is 2.31. The van der Waals surface area contributed by atoms with E-state index in [-0.39, 0.29) is 5.82 Å². The summed E-state index contributed by atoms with van der Waals surface area (Å²) < 4.78 is 53.2. The predicted molar refractivity (Wildman–Crippen MR) is 129 cm³/mol. The zero-order chi connectivity index (χ0) is 24.8. The fourth-order valence-electron chi connectivity index (χ4n) is 4.25. The number of nitrogens with zero attached hydrogens (tertiary/aromatic N) is 3. The van der Waals surface area contributed by atoms with Gasteiger partial charge in [0.1, 0.15) is 5.82 Å². The monoisotopic (exact) mass is 488 g/mol. The lowest BCUT2D eigenvalue weighted by atomic mass is 10.1. The van der Waals surface area contributed by atoms with Crippen molar-refractivity contribution >= 4 is 11.5 Å². The first-order valence-electron chi connectivity index (χ1n) is 11.7. The number of hydrogen-bond acceptors (Lipinski definition) is 4. The second-order valence-electron chi connectivity index (χ2n) is 8.65. The fraction of sp³-hybridized carbons (Fsp3) is 0.346. The molecule has 3 aromatic rings. The average molecular weight is 489 g/mol. The van der Waals surface area contributed by atoms with Gasteiger partial charge in [-0.25, -0.2) is 9.12 Å². The molecule has 1 saturated heterocycles. The highest BCUT2D eigenvalue weighted by molar-refractivity contribution is 5.65. The molecular weight excluding hydrogens is 460 g/mol. The van der Waals surface area contributed by atoms with Gasteiger partial charge < -0.3 is 10.1 Å². The van der Waals surface area contributed by atoms with Crippen molar-refractivity contribution in [2.24, 2.45) is 0 Å². The summed E-state index contributed by atoms with van der Waals surface area (Å²) in [5, 5.41) is 15.3. The summed E-state index contributed by atoms with van der Waals surface area (Å²) in [5.74, 6) is 0.0907. The molecule has 0 spiro atoms. The third-order valence-corrected chi connectivity index (χ3v) is 6.20. The molecule has 5 nitrogen and oxygen atoms in total. The van der Waals surface area contributed by atoms with Gasteiger partial charge in [0.2, 0.25) is 0 Å². The molecule has 2 aromatic carbocycles. The summed E-state index contributed by atoms with van der Waals surface area (Å²) in [4.78, 5) is 4.30. The third-order valence-electron chi connectivity index (χ3n) is 6.20. The van der Waals surface area contributed by atoms with Gasteiger partial charge in [-0.3, -0.25) is 10.2 Å². The van der Waals surface area contributed by atoms with Crippen molar-refractivity contribution in [1.29, 1.82) is 0 Å². The van der Waals surface area contributed by atoms with Crippen molar-refractivity contribution in [3.8, 4) is 11.1 Å². The largest absolute Gasteiger partial charge is 0.711 e. The van der Waals surface area contributed by atoms with Crippen LogP contribution < -0.4 is 14.9 Å². The topological polar surface area (TPSA) is 45.5 Å². The summed E-state index contributed by atoms with van der Waals surface area (Å²) in [6, 6.07) is 15.1. The second-order valence-corrected chi connectivity index (χ2v) is 8.65. The van der Waals surface area contributed by atoms with Gasteiger partial charge in [-0.1, -0.05) is 18.2 Å². The summed E-state index contributed by atoms with van der Waals surface area (Å²) >= 11 is 0. The Labute approximate surface area is 202 Å². The van der Waals surface area contributed by atoms with Gasteiger partial charge in [-0.05, 0) is 66.9 Å². The van der Waals surface area contributed by atoms with E-state index in [4.69, 9.17) is 0 Å². The van der Waals surface area contributed by atoms with Crippen LogP contribution in [0.3, 0.4) is 0 Å². The van der Waals surface area contributed by atoms with E-state index in [0.717, 1.165) is 48.8 Å². The van der Waals surface area contributed by atoms with Crippen molar-refractivity contribution < 1.29 is 22.3 Å². The highest BCUT2D eigenvalue weighted by Crippen LogP contribution is 2.32. The Kier molecular flexibility index (Phi) is 7.75. The smallest absolute Gasteiger partial charge is 0.416 e. The lowest BCUT2D eigenvalue weighted by molar-refractivity contribution is -0.590. The van der Waals surface area contributed by atoms with Gasteiger partial charge >= 0.3 is 6.18 Å². The molecule has 2 heterocycles. The van der Waals surface area contributed by atoms with E-state index in [2.05, 4.69) is 10.2 Å². The molecule has 1 aromatic heterocycles. The molecule has 0 atom stereocenters. The molecule has 0 aliphatic carbocycles. The van der Waals surface area contributed by atoms with Gasteiger partial charge in [0, 0.05) is 37.9 Å². The maximum absolute atomic E-state index is 13.5. The molecule has 0 unspecified atom stereocenters. The zero-order valence-electron chi connectivity index (χ0n) is 19.3. The first kappa shape index (κ1) is 24.8. The number of aromatic nitrogens is 1. The molecule has 0 saturated carbocycles. The lowest BCUT2D eigenvalue weighted by Gasteiger charge is -2.36. The van der Waals surface area contributed by atoms with Crippen molar-refractivity contribution in [2.75, 3.05) is 49.5 Å². The summed E-state index contributed by atoms with van der Waals surface area (Å²) in [7, 11) is 0. The van der Waals surface area contributed by atoms with Crippen LogP contribution >= 0.6 is 0 Å². The lowest BCUT2D eigenvalue weighted by Crippen LogP contribution is -2.46. The fourth-order valence-corrected chi connectivity index (χ4v) is 4.25. The van der Waals surface area contributed by atoms with E-state index in [1.54, 1.807) is 30.3 Å². The van der Waals surface area contributed by atoms with Crippen LogP contribution in [0, 0.1) is 11.0 Å². The second kappa shape index (κ2) is 10.9. The molecule has 0 bridgehead atoms. The molecule has 186 valence electrons. The van der Waals surface area contributed by atoms with Gasteiger partial charge in [0.15, 0.2) is 0 Å². The van der Waals surface area contributed by atoms with Gasteiger partial charge in [-0.2, -0.15) is 13.2 Å². The Hall–Kier alpha value is -3.33. The third kappa shape index (κ3) is 6.63. The number of alkyl halides is 3. The molecule has 1 aliphatic rings. The normalized spacial score (nSPS) is 14.8. The predicted octanol–water partition coefficient (Wildman–Crippen LogP) is 5.16. The number of halogens is 4. The molecule has 1 aliphatic heterocycles. The minimum Gasteiger partial charge on any atom is -0.711 e. The summed E-state index contributed by atoms with van der Waals surface area (Å²) in [6.07, 6.45) is -1.14. The van der Waals surface area contributed by atoms with Gasteiger partial charge in [0.25, 0.3) is 5.82 Å². The average Bonchev–Trinajstić information content (AvgIpc) is 2.85. The number of rotatable bonds is 8. The van der Waals surface area contributed by atoms with E-state index in [1.807, 2.05) is 4.90 Å². The molecule has 9 heteroatoms. The number of pyridine rings is 1. The van der Waals surface area contributed by atoms with E-state index < -0.39 is 11.7 Å². The molecule has 0 radical (unpaired) electrons.